The van der Waals surface area contributed by atoms with Gasteiger partial charge in [0.25, 0.3) is 0 Å². The molecular formula is C19H29ClO3. The molecule has 1 aromatic rings. The molecule has 0 heterocycles. The van der Waals surface area contributed by atoms with Gasteiger partial charge < -0.3 is 9.47 Å². The lowest BCUT2D eigenvalue weighted by Crippen LogP contribution is -2.28. The third-order valence-corrected chi connectivity index (χ3v) is 4.25. The number of rotatable bonds is 8. The molecule has 0 spiro atoms. The van der Waals surface area contributed by atoms with Gasteiger partial charge in [0.05, 0.1) is 23.7 Å². The highest BCUT2D eigenvalue weighted by Crippen LogP contribution is 2.32. The van der Waals surface area contributed by atoms with Crippen molar-refractivity contribution in [3.63, 3.8) is 0 Å². The van der Waals surface area contributed by atoms with Gasteiger partial charge in [-0.05, 0) is 57.6 Å². The van der Waals surface area contributed by atoms with Crippen molar-refractivity contribution < 1.29 is 14.3 Å². The summed E-state index contributed by atoms with van der Waals surface area (Å²) < 4.78 is 11.2. The smallest absolute Gasteiger partial charge is 0.311 e. The molecule has 0 fully saturated rings. The molecule has 0 aliphatic carbocycles. The molecule has 0 bridgehead atoms. The fourth-order valence-corrected chi connectivity index (χ4v) is 2.42. The van der Waals surface area contributed by atoms with E-state index in [4.69, 9.17) is 21.1 Å². The summed E-state index contributed by atoms with van der Waals surface area (Å²) in [6.07, 6.45) is 1.49. The van der Waals surface area contributed by atoms with Crippen molar-refractivity contribution in [3.05, 3.63) is 28.3 Å². The van der Waals surface area contributed by atoms with Crippen molar-refractivity contribution in [2.24, 2.45) is 11.3 Å². The number of esters is 1. The van der Waals surface area contributed by atoms with Crippen LogP contribution in [0.2, 0.25) is 5.02 Å². The van der Waals surface area contributed by atoms with Crippen LogP contribution in [0.5, 0.6) is 5.75 Å². The number of carbonyl (C=O) groups excluding carboxylic acids is 1. The van der Waals surface area contributed by atoms with Crippen LogP contribution >= 0.6 is 11.6 Å². The van der Waals surface area contributed by atoms with E-state index in [1.807, 2.05) is 53.7 Å². The fraction of sp³-hybridized carbons (Fsp3) is 0.632. The summed E-state index contributed by atoms with van der Waals surface area (Å²) in [5.41, 5.74) is 1.53. The van der Waals surface area contributed by atoms with Gasteiger partial charge in [-0.1, -0.05) is 37.6 Å². The average Bonchev–Trinajstić information content (AvgIpc) is 2.47. The summed E-state index contributed by atoms with van der Waals surface area (Å²) in [7, 11) is 0. The molecule has 0 atom stereocenters. The predicted octanol–water partition coefficient (Wildman–Crippen LogP) is 5.34. The minimum Gasteiger partial charge on any atom is -0.492 e. The van der Waals surface area contributed by atoms with Gasteiger partial charge in [0.15, 0.2) is 0 Å². The van der Waals surface area contributed by atoms with E-state index in [1.54, 1.807) is 0 Å². The van der Waals surface area contributed by atoms with Gasteiger partial charge in [-0.25, -0.2) is 0 Å². The minimum atomic E-state index is -0.496. The highest BCUT2D eigenvalue weighted by molar-refractivity contribution is 6.32. The minimum absolute atomic E-state index is 0.143. The van der Waals surface area contributed by atoms with Gasteiger partial charge in [0, 0.05) is 0 Å². The van der Waals surface area contributed by atoms with Gasteiger partial charge in [-0.15, -0.1) is 0 Å². The Morgan fingerprint density at radius 2 is 1.83 bits per heavy atom. The first kappa shape index (κ1) is 19.8. The van der Waals surface area contributed by atoms with Gasteiger partial charge in [-0.3, -0.25) is 4.79 Å². The predicted molar refractivity (Wildman–Crippen MR) is 95.2 cm³/mol. The Balaban J connectivity index is 2.48. The zero-order chi connectivity index (χ0) is 17.6. The van der Waals surface area contributed by atoms with Crippen LogP contribution < -0.4 is 4.74 Å². The molecule has 130 valence electrons. The van der Waals surface area contributed by atoms with Crippen molar-refractivity contribution in [1.82, 2.24) is 0 Å². The zero-order valence-corrected chi connectivity index (χ0v) is 15.9. The normalized spacial score (nSPS) is 11.7. The Morgan fingerprint density at radius 3 is 2.43 bits per heavy atom. The molecule has 0 amide bonds. The second-order valence-electron chi connectivity index (χ2n) is 7.17. The second kappa shape index (κ2) is 8.58. The molecule has 0 unspecified atom stereocenters. The summed E-state index contributed by atoms with van der Waals surface area (Å²) in [6, 6.07) is 3.99. The molecule has 0 aliphatic rings. The Bertz CT molecular complexity index is 536. The van der Waals surface area contributed by atoms with E-state index in [9.17, 15) is 4.79 Å². The maximum absolute atomic E-state index is 12.1. The molecule has 0 saturated carbocycles. The molecule has 0 N–H and O–H groups in total. The van der Waals surface area contributed by atoms with Crippen LogP contribution in [-0.4, -0.2) is 19.2 Å². The summed E-state index contributed by atoms with van der Waals surface area (Å²) in [5, 5.41) is 0.667. The number of halogens is 1. The van der Waals surface area contributed by atoms with Crippen LogP contribution in [0.25, 0.3) is 0 Å². The van der Waals surface area contributed by atoms with Crippen LogP contribution in [0.15, 0.2) is 12.1 Å². The summed E-state index contributed by atoms with van der Waals surface area (Å²) in [6.45, 7) is 12.8. The van der Waals surface area contributed by atoms with E-state index >= 15 is 0 Å². The summed E-state index contributed by atoms with van der Waals surface area (Å²) in [5.74, 6) is 0.951. The molecule has 0 saturated heterocycles. The highest BCUT2D eigenvalue weighted by Gasteiger charge is 2.29. The number of carbonyl (C=O) groups is 1. The lowest BCUT2D eigenvalue weighted by Gasteiger charge is -2.23. The number of ether oxygens (including phenoxy) is 2. The Kier molecular flexibility index (Phi) is 7.40. The quantitative estimate of drug-likeness (QED) is 0.473. The molecule has 4 heteroatoms. The maximum Gasteiger partial charge on any atom is 0.311 e. The first-order chi connectivity index (χ1) is 10.6. The summed E-state index contributed by atoms with van der Waals surface area (Å²) in [4.78, 5) is 12.1. The average molecular weight is 341 g/mol. The van der Waals surface area contributed by atoms with E-state index in [0.717, 1.165) is 23.3 Å². The van der Waals surface area contributed by atoms with Gasteiger partial charge in [-0.2, -0.15) is 0 Å². The molecule has 0 aliphatic heterocycles. The monoisotopic (exact) mass is 340 g/mol. The van der Waals surface area contributed by atoms with Gasteiger partial charge >= 0.3 is 5.97 Å². The Labute approximate surface area is 145 Å². The Hall–Kier alpha value is -1.22. The number of hydrogen-bond donors (Lipinski definition) is 0. The number of hydrogen-bond acceptors (Lipinski definition) is 3. The van der Waals surface area contributed by atoms with E-state index < -0.39 is 5.41 Å². The van der Waals surface area contributed by atoms with Crippen LogP contribution in [0.3, 0.4) is 0 Å². The largest absolute Gasteiger partial charge is 0.492 e. The molecular weight excluding hydrogens is 312 g/mol. The topological polar surface area (TPSA) is 35.5 Å². The third kappa shape index (κ3) is 6.06. The van der Waals surface area contributed by atoms with Crippen LogP contribution in [-0.2, 0) is 9.53 Å². The van der Waals surface area contributed by atoms with Gasteiger partial charge in [0.2, 0.25) is 0 Å². The van der Waals surface area contributed by atoms with Crippen molar-refractivity contribution in [2.45, 2.75) is 54.4 Å². The first-order valence-corrected chi connectivity index (χ1v) is 8.58. The van der Waals surface area contributed by atoms with E-state index in [-0.39, 0.29) is 5.97 Å². The molecule has 0 aromatic heterocycles. The van der Waals surface area contributed by atoms with Crippen molar-refractivity contribution >= 4 is 17.6 Å². The molecule has 0 radical (unpaired) electrons. The van der Waals surface area contributed by atoms with Crippen LogP contribution in [0, 0.1) is 25.2 Å². The second-order valence-corrected chi connectivity index (χ2v) is 7.55. The number of benzene rings is 1. The van der Waals surface area contributed by atoms with Crippen molar-refractivity contribution in [2.75, 3.05) is 13.2 Å². The summed E-state index contributed by atoms with van der Waals surface area (Å²) >= 11 is 6.29. The van der Waals surface area contributed by atoms with Gasteiger partial charge in [0.1, 0.15) is 5.75 Å². The van der Waals surface area contributed by atoms with Crippen molar-refractivity contribution in [1.29, 1.82) is 0 Å². The van der Waals surface area contributed by atoms with E-state index in [0.29, 0.717) is 30.6 Å². The standard InChI is InChI=1S/C19H29ClO3/c1-13(2)12-23-18(21)19(5,6)10-7-11-22-17-15(4)9-8-14(3)16(17)20/h8-9,13H,7,10-12H2,1-6H3. The first-order valence-electron chi connectivity index (χ1n) is 8.21. The number of aryl methyl sites for hydroxylation is 2. The SMILES string of the molecule is Cc1ccc(C)c(OCCCC(C)(C)C(=O)OCC(C)C)c1Cl. The highest BCUT2D eigenvalue weighted by atomic mass is 35.5. The third-order valence-electron chi connectivity index (χ3n) is 3.78. The zero-order valence-electron chi connectivity index (χ0n) is 15.2. The van der Waals surface area contributed by atoms with Crippen molar-refractivity contribution in [3.8, 4) is 5.75 Å². The lowest BCUT2D eigenvalue weighted by molar-refractivity contribution is -0.155. The molecule has 23 heavy (non-hydrogen) atoms. The maximum atomic E-state index is 12.1. The fourth-order valence-electron chi connectivity index (χ4n) is 2.16. The van der Waals surface area contributed by atoms with Crippen LogP contribution in [0.4, 0.5) is 0 Å². The molecule has 1 aromatic carbocycles. The Morgan fingerprint density at radius 1 is 1.22 bits per heavy atom. The van der Waals surface area contributed by atoms with E-state index in [1.165, 1.54) is 0 Å². The van der Waals surface area contributed by atoms with E-state index in [2.05, 4.69) is 0 Å². The van der Waals surface area contributed by atoms with Crippen LogP contribution in [0.1, 0.15) is 51.7 Å². The molecule has 1 rings (SSSR count). The molecule has 3 nitrogen and oxygen atoms in total. The lowest BCUT2D eigenvalue weighted by atomic mass is 9.88.